The molecule has 0 saturated heterocycles. The van der Waals surface area contributed by atoms with Crippen LogP contribution in [0.15, 0.2) is 54.6 Å². The van der Waals surface area contributed by atoms with Gasteiger partial charge in [0, 0.05) is 0 Å². The molecular formula is C16H26. The van der Waals surface area contributed by atoms with Crippen molar-refractivity contribution in [3.8, 4) is 0 Å². The predicted molar refractivity (Wildman–Crippen MR) is 76.8 cm³/mol. The molecule has 0 heteroatoms. The summed E-state index contributed by atoms with van der Waals surface area (Å²) >= 11 is 0. The van der Waals surface area contributed by atoms with E-state index in [0.717, 1.165) is 12.0 Å². The molecule has 0 unspecified atom stereocenters. The van der Waals surface area contributed by atoms with E-state index in [9.17, 15) is 0 Å². The SMILES string of the molecule is C=C(C)/C=C\Cc1ccccc1.CC.CC. The monoisotopic (exact) mass is 218 g/mol. The van der Waals surface area contributed by atoms with Crippen molar-refractivity contribution in [2.24, 2.45) is 0 Å². The second-order valence-corrected chi connectivity index (χ2v) is 2.94. The van der Waals surface area contributed by atoms with Crippen molar-refractivity contribution >= 4 is 0 Å². The fraction of sp³-hybridized carbons (Fsp3) is 0.375. The second kappa shape index (κ2) is 13.7. The van der Waals surface area contributed by atoms with E-state index in [1.54, 1.807) is 0 Å². The van der Waals surface area contributed by atoms with E-state index in [0.29, 0.717) is 0 Å². The molecule has 0 nitrogen and oxygen atoms in total. The molecule has 0 saturated carbocycles. The number of hydrogen-bond donors (Lipinski definition) is 0. The largest absolute Gasteiger partial charge is 0.0961 e. The molecule has 1 aromatic rings. The summed E-state index contributed by atoms with van der Waals surface area (Å²) in [5.41, 5.74) is 2.45. The van der Waals surface area contributed by atoms with Gasteiger partial charge in [-0.1, -0.05) is 82.3 Å². The van der Waals surface area contributed by atoms with Crippen LogP contribution in [0.2, 0.25) is 0 Å². The third-order valence-corrected chi connectivity index (χ3v) is 1.60. The molecule has 0 aliphatic heterocycles. The highest BCUT2D eigenvalue weighted by Gasteiger charge is 1.84. The average Bonchev–Trinajstić information content (AvgIpc) is 2.35. The lowest BCUT2D eigenvalue weighted by Crippen LogP contribution is -1.78. The Kier molecular flexibility index (Phi) is 14.6. The summed E-state index contributed by atoms with van der Waals surface area (Å²) in [5, 5.41) is 0. The standard InChI is InChI=1S/C12H14.2C2H6/c1-11(2)7-6-10-12-8-4-3-5-9-12;2*1-2/h3-9H,1,10H2,2H3;2*1-2H3/b7-6-;;. The Morgan fingerprint density at radius 3 is 2.00 bits per heavy atom. The third kappa shape index (κ3) is 10.8. The molecule has 0 aromatic heterocycles. The summed E-state index contributed by atoms with van der Waals surface area (Å²) in [6.07, 6.45) is 5.18. The highest BCUT2D eigenvalue weighted by Crippen LogP contribution is 2.01. The molecule has 0 bridgehead atoms. The summed E-state index contributed by atoms with van der Waals surface area (Å²) in [6.45, 7) is 13.8. The predicted octanol–water partition coefficient (Wildman–Crippen LogP) is 5.41. The molecule has 0 amide bonds. The van der Waals surface area contributed by atoms with E-state index in [-0.39, 0.29) is 0 Å². The smallest absolute Gasteiger partial charge is 0.00942 e. The molecule has 0 fully saturated rings. The number of rotatable bonds is 3. The molecule has 0 N–H and O–H groups in total. The van der Waals surface area contributed by atoms with Gasteiger partial charge in [-0.2, -0.15) is 0 Å². The Morgan fingerprint density at radius 2 is 1.56 bits per heavy atom. The van der Waals surface area contributed by atoms with Crippen LogP contribution in [0.1, 0.15) is 40.2 Å². The lowest BCUT2D eigenvalue weighted by atomic mass is 10.1. The summed E-state index contributed by atoms with van der Waals surface area (Å²) in [6, 6.07) is 10.4. The first-order valence-electron chi connectivity index (χ1n) is 6.15. The van der Waals surface area contributed by atoms with Crippen LogP contribution in [0, 0.1) is 0 Å². The van der Waals surface area contributed by atoms with Crippen LogP contribution in [0.4, 0.5) is 0 Å². The van der Waals surface area contributed by atoms with E-state index >= 15 is 0 Å². The quantitative estimate of drug-likeness (QED) is 0.595. The molecular weight excluding hydrogens is 192 g/mol. The maximum atomic E-state index is 3.80. The van der Waals surface area contributed by atoms with E-state index in [4.69, 9.17) is 0 Å². The summed E-state index contributed by atoms with van der Waals surface area (Å²) in [5.74, 6) is 0. The number of benzene rings is 1. The molecule has 90 valence electrons. The van der Waals surface area contributed by atoms with Crippen LogP contribution in [-0.2, 0) is 6.42 Å². The zero-order valence-corrected chi connectivity index (χ0v) is 11.5. The maximum absolute atomic E-state index is 3.80. The van der Waals surface area contributed by atoms with Gasteiger partial charge in [0.25, 0.3) is 0 Å². The first-order valence-corrected chi connectivity index (χ1v) is 6.15. The topological polar surface area (TPSA) is 0 Å². The first kappa shape index (κ1) is 17.1. The minimum absolute atomic E-state index is 0.994. The molecule has 0 atom stereocenters. The highest BCUT2D eigenvalue weighted by molar-refractivity contribution is 5.20. The molecule has 0 aliphatic carbocycles. The molecule has 1 aromatic carbocycles. The first-order chi connectivity index (χ1) is 7.79. The molecule has 16 heavy (non-hydrogen) atoms. The minimum Gasteiger partial charge on any atom is -0.0961 e. The van der Waals surface area contributed by atoms with Crippen molar-refractivity contribution in [2.75, 3.05) is 0 Å². The Hall–Kier alpha value is -1.30. The van der Waals surface area contributed by atoms with Gasteiger partial charge in [-0.3, -0.25) is 0 Å². The Labute approximate surface area is 102 Å². The van der Waals surface area contributed by atoms with E-state index in [2.05, 4.69) is 36.9 Å². The van der Waals surface area contributed by atoms with Gasteiger partial charge in [-0.05, 0) is 18.9 Å². The lowest BCUT2D eigenvalue weighted by Gasteiger charge is -1.93. The van der Waals surface area contributed by atoms with Crippen molar-refractivity contribution in [3.05, 3.63) is 60.2 Å². The maximum Gasteiger partial charge on any atom is -0.00942 e. The van der Waals surface area contributed by atoms with Crippen molar-refractivity contribution in [1.29, 1.82) is 0 Å². The molecule has 0 heterocycles. The Bertz CT molecular complexity index is 267. The van der Waals surface area contributed by atoms with E-state index < -0.39 is 0 Å². The number of hydrogen-bond acceptors (Lipinski definition) is 0. The zero-order valence-electron chi connectivity index (χ0n) is 11.5. The molecule has 0 spiro atoms. The van der Waals surface area contributed by atoms with E-state index in [1.807, 2.05) is 46.8 Å². The van der Waals surface area contributed by atoms with Gasteiger partial charge in [0.15, 0.2) is 0 Å². The van der Waals surface area contributed by atoms with Crippen molar-refractivity contribution in [3.63, 3.8) is 0 Å². The van der Waals surface area contributed by atoms with Crippen LogP contribution in [-0.4, -0.2) is 0 Å². The van der Waals surface area contributed by atoms with Crippen LogP contribution in [0.5, 0.6) is 0 Å². The van der Waals surface area contributed by atoms with Gasteiger partial charge in [-0.15, -0.1) is 0 Å². The zero-order chi connectivity index (χ0) is 12.8. The second-order valence-electron chi connectivity index (χ2n) is 2.94. The Balaban J connectivity index is 0. The lowest BCUT2D eigenvalue weighted by molar-refractivity contribution is 1.26. The summed E-state index contributed by atoms with van der Waals surface area (Å²) in [7, 11) is 0. The number of allylic oxidation sites excluding steroid dienone is 3. The summed E-state index contributed by atoms with van der Waals surface area (Å²) < 4.78 is 0. The van der Waals surface area contributed by atoms with Crippen molar-refractivity contribution in [2.45, 2.75) is 41.0 Å². The Morgan fingerprint density at radius 1 is 1.06 bits per heavy atom. The van der Waals surface area contributed by atoms with Crippen LogP contribution < -0.4 is 0 Å². The normalized spacial score (nSPS) is 8.56. The fourth-order valence-electron chi connectivity index (χ4n) is 1.01. The van der Waals surface area contributed by atoms with Gasteiger partial charge in [0.05, 0.1) is 0 Å². The fourth-order valence-corrected chi connectivity index (χ4v) is 1.01. The average molecular weight is 218 g/mol. The molecule has 1 rings (SSSR count). The van der Waals surface area contributed by atoms with Crippen LogP contribution >= 0.6 is 0 Å². The molecule has 0 aliphatic rings. The van der Waals surface area contributed by atoms with Gasteiger partial charge in [0.2, 0.25) is 0 Å². The highest BCUT2D eigenvalue weighted by atomic mass is 13.9. The minimum atomic E-state index is 0.994. The molecule has 0 radical (unpaired) electrons. The van der Waals surface area contributed by atoms with Crippen LogP contribution in [0.25, 0.3) is 0 Å². The third-order valence-electron chi connectivity index (χ3n) is 1.60. The van der Waals surface area contributed by atoms with Crippen molar-refractivity contribution < 1.29 is 0 Å². The van der Waals surface area contributed by atoms with E-state index in [1.165, 1.54) is 5.56 Å². The van der Waals surface area contributed by atoms with Gasteiger partial charge < -0.3 is 0 Å². The van der Waals surface area contributed by atoms with Gasteiger partial charge in [-0.25, -0.2) is 0 Å². The van der Waals surface area contributed by atoms with Crippen molar-refractivity contribution in [1.82, 2.24) is 0 Å². The van der Waals surface area contributed by atoms with Gasteiger partial charge >= 0.3 is 0 Å². The van der Waals surface area contributed by atoms with Gasteiger partial charge in [0.1, 0.15) is 0 Å². The van der Waals surface area contributed by atoms with Crippen LogP contribution in [0.3, 0.4) is 0 Å². The summed E-state index contributed by atoms with van der Waals surface area (Å²) in [4.78, 5) is 0.